The van der Waals surface area contributed by atoms with Crippen molar-refractivity contribution in [2.75, 3.05) is 20.3 Å². The van der Waals surface area contributed by atoms with Crippen LogP contribution in [-0.4, -0.2) is 35.9 Å². The van der Waals surface area contributed by atoms with E-state index in [-0.39, 0.29) is 5.91 Å². The van der Waals surface area contributed by atoms with E-state index in [4.69, 9.17) is 9.47 Å². The molecule has 1 amide bonds. The fourth-order valence-corrected chi connectivity index (χ4v) is 2.77. The number of aryl methyl sites for hydroxylation is 2. The molecule has 140 valence electrons. The molecule has 0 aliphatic heterocycles. The van der Waals surface area contributed by atoms with Gasteiger partial charge in [0.1, 0.15) is 18.1 Å². The summed E-state index contributed by atoms with van der Waals surface area (Å²) in [5.74, 6) is 1.31. The van der Waals surface area contributed by atoms with Gasteiger partial charge in [0.25, 0.3) is 5.91 Å². The molecule has 0 unspecified atom stereocenters. The number of rotatable bonds is 7. The number of carbonyl (C=O) groups is 1. The number of ether oxygens (including phenoxy) is 2. The van der Waals surface area contributed by atoms with Crippen molar-refractivity contribution < 1.29 is 14.3 Å². The third-order valence-corrected chi connectivity index (χ3v) is 4.08. The third-order valence-electron chi connectivity index (χ3n) is 4.08. The maximum atomic E-state index is 12.3. The Morgan fingerprint density at radius 1 is 1.07 bits per heavy atom. The van der Waals surface area contributed by atoms with E-state index in [1.165, 1.54) is 0 Å². The molecule has 3 aromatic rings. The molecule has 2 aromatic carbocycles. The van der Waals surface area contributed by atoms with Crippen molar-refractivity contribution in [2.45, 2.75) is 13.8 Å². The summed E-state index contributed by atoms with van der Waals surface area (Å²) >= 11 is 0. The van der Waals surface area contributed by atoms with Gasteiger partial charge >= 0.3 is 0 Å². The Morgan fingerprint density at radius 3 is 2.48 bits per heavy atom. The highest BCUT2D eigenvalue weighted by Gasteiger charge is 2.07. The molecule has 1 aromatic heterocycles. The van der Waals surface area contributed by atoms with Gasteiger partial charge in [-0.3, -0.25) is 4.79 Å². The summed E-state index contributed by atoms with van der Waals surface area (Å²) in [6.45, 7) is 4.75. The van der Waals surface area contributed by atoms with Crippen LogP contribution in [0.25, 0.3) is 5.69 Å². The molecule has 0 atom stereocenters. The molecule has 0 bridgehead atoms. The summed E-state index contributed by atoms with van der Waals surface area (Å²) in [7, 11) is 1.61. The van der Waals surface area contributed by atoms with Crippen LogP contribution in [0.15, 0.2) is 54.6 Å². The van der Waals surface area contributed by atoms with Gasteiger partial charge < -0.3 is 14.8 Å². The van der Waals surface area contributed by atoms with Gasteiger partial charge in [-0.15, -0.1) is 0 Å². The Kier molecular flexibility index (Phi) is 5.76. The van der Waals surface area contributed by atoms with Gasteiger partial charge in [-0.1, -0.05) is 6.07 Å². The largest absolute Gasteiger partial charge is 0.497 e. The lowest BCUT2D eigenvalue weighted by molar-refractivity contribution is 0.0947. The predicted molar refractivity (Wildman–Crippen MR) is 104 cm³/mol. The molecule has 0 radical (unpaired) electrons. The summed E-state index contributed by atoms with van der Waals surface area (Å²) in [6, 6.07) is 16.8. The smallest absolute Gasteiger partial charge is 0.251 e. The summed E-state index contributed by atoms with van der Waals surface area (Å²) in [4.78, 5) is 12.3. The molecule has 6 nitrogen and oxygen atoms in total. The third kappa shape index (κ3) is 4.67. The van der Waals surface area contributed by atoms with Crippen molar-refractivity contribution in [3.8, 4) is 17.2 Å². The lowest BCUT2D eigenvalue weighted by Gasteiger charge is -2.09. The average Bonchev–Trinajstić information content (AvgIpc) is 3.03. The van der Waals surface area contributed by atoms with E-state index in [2.05, 4.69) is 10.4 Å². The van der Waals surface area contributed by atoms with Gasteiger partial charge in [0.05, 0.1) is 25.0 Å². The van der Waals surface area contributed by atoms with E-state index in [0.29, 0.717) is 24.5 Å². The number of hydrogen-bond acceptors (Lipinski definition) is 4. The number of carbonyl (C=O) groups excluding carboxylic acids is 1. The van der Waals surface area contributed by atoms with Gasteiger partial charge in [0, 0.05) is 17.3 Å². The summed E-state index contributed by atoms with van der Waals surface area (Å²) < 4.78 is 12.6. The number of benzene rings is 2. The molecule has 27 heavy (non-hydrogen) atoms. The number of hydrogen-bond donors (Lipinski definition) is 1. The van der Waals surface area contributed by atoms with Crippen LogP contribution in [0.2, 0.25) is 0 Å². The first-order valence-corrected chi connectivity index (χ1v) is 8.75. The Balaban J connectivity index is 1.51. The molecule has 1 N–H and O–H groups in total. The monoisotopic (exact) mass is 365 g/mol. The molecule has 0 saturated heterocycles. The van der Waals surface area contributed by atoms with E-state index in [1.54, 1.807) is 25.3 Å². The number of amides is 1. The number of nitrogens with one attached hydrogen (secondary N) is 1. The lowest BCUT2D eigenvalue weighted by atomic mass is 10.2. The van der Waals surface area contributed by atoms with E-state index in [1.807, 2.05) is 54.9 Å². The van der Waals surface area contributed by atoms with Crippen molar-refractivity contribution in [2.24, 2.45) is 0 Å². The molecular formula is C21H23N3O3. The van der Waals surface area contributed by atoms with Gasteiger partial charge in [0.15, 0.2) is 0 Å². The fourth-order valence-electron chi connectivity index (χ4n) is 2.77. The minimum absolute atomic E-state index is 0.135. The van der Waals surface area contributed by atoms with Crippen molar-refractivity contribution >= 4 is 5.91 Å². The molecule has 0 aliphatic rings. The van der Waals surface area contributed by atoms with Crippen LogP contribution in [0.4, 0.5) is 0 Å². The first kappa shape index (κ1) is 18.5. The normalized spacial score (nSPS) is 10.5. The summed E-state index contributed by atoms with van der Waals surface area (Å²) in [5.41, 5.74) is 3.55. The highest BCUT2D eigenvalue weighted by Crippen LogP contribution is 2.18. The maximum absolute atomic E-state index is 12.3. The summed E-state index contributed by atoms with van der Waals surface area (Å²) in [5, 5.41) is 7.30. The molecule has 3 rings (SSSR count). The van der Waals surface area contributed by atoms with Crippen LogP contribution >= 0.6 is 0 Å². The van der Waals surface area contributed by atoms with Crippen molar-refractivity contribution in [1.82, 2.24) is 15.1 Å². The van der Waals surface area contributed by atoms with Crippen LogP contribution in [0.1, 0.15) is 21.7 Å². The minimum atomic E-state index is -0.135. The highest BCUT2D eigenvalue weighted by atomic mass is 16.5. The average molecular weight is 365 g/mol. The molecular weight excluding hydrogens is 342 g/mol. The van der Waals surface area contributed by atoms with Gasteiger partial charge in [-0.2, -0.15) is 5.10 Å². The van der Waals surface area contributed by atoms with E-state index in [9.17, 15) is 4.79 Å². The number of nitrogens with zero attached hydrogens (tertiary/aromatic N) is 2. The van der Waals surface area contributed by atoms with Crippen LogP contribution < -0.4 is 14.8 Å². The first-order valence-electron chi connectivity index (χ1n) is 8.75. The zero-order chi connectivity index (χ0) is 19.2. The van der Waals surface area contributed by atoms with Crippen LogP contribution in [0.3, 0.4) is 0 Å². The predicted octanol–water partition coefficient (Wildman–Crippen LogP) is 3.31. The van der Waals surface area contributed by atoms with Gasteiger partial charge in [0.2, 0.25) is 0 Å². The van der Waals surface area contributed by atoms with Crippen molar-refractivity contribution in [3.63, 3.8) is 0 Å². The number of methoxy groups -OCH3 is 1. The fraction of sp³-hybridized carbons (Fsp3) is 0.238. The molecule has 0 spiro atoms. The first-order chi connectivity index (χ1) is 13.1. The second-order valence-corrected chi connectivity index (χ2v) is 6.17. The second kappa shape index (κ2) is 8.40. The van der Waals surface area contributed by atoms with Crippen LogP contribution in [0.5, 0.6) is 11.5 Å². The Labute approximate surface area is 158 Å². The van der Waals surface area contributed by atoms with Crippen molar-refractivity contribution in [3.05, 3.63) is 71.5 Å². The SMILES string of the molecule is COc1cccc(OCCNC(=O)c2ccc(-n3nc(C)cc3C)cc2)c1. The molecule has 0 aliphatic carbocycles. The lowest BCUT2D eigenvalue weighted by Crippen LogP contribution is -2.28. The van der Waals surface area contributed by atoms with Crippen LogP contribution in [0, 0.1) is 13.8 Å². The maximum Gasteiger partial charge on any atom is 0.251 e. The quantitative estimate of drug-likeness (QED) is 0.653. The Hall–Kier alpha value is -3.28. The van der Waals surface area contributed by atoms with E-state index >= 15 is 0 Å². The standard InChI is InChI=1S/C21H23N3O3/c1-15-13-16(2)24(23-15)18-9-7-17(8-10-18)21(25)22-11-12-27-20-6-4-5-19(14-20)26-3/h4-10,13-14H,11-12H2,1-3H3,(H,22,25). The Bertz CT molecular complexity index is 917. The zero-order valence-electron chi connectivity index (χ0n) is 15.7. The van der Waals surface area contributed by atoms with Crippen LogP contribution in [-0.2, 0) is 0 Å². The molecule has 6 heteroatoms. The Morgan fingerprint density at radius 2 is 1.81 bits per heavy atom. The highest BCUT2D eigenvalue weighted by molar-refractivity contribution is 5.94. The van der Waals surface area contributed by atoms with Crippen molar-refractivity contribution in [1.29, 1.82) is 0 Å². The molecule has 0 saturated carbocycles. The van der Waals surface area contributed by atoms with E-state index < -0.39 is 0 Å². The second-order valence-electron chi connectivity index (χ2n) is 6.17. The van der Waals surface area contributed by atoms with Gasteiger partial charge in [-0.05, 0) is 56.3 Å². The summed E-state index contributed by atoms with van der Waals surface area (Å²) in [6.07, 6.45) is 0. The number of aromatic nitrogens is 2. The molecule has 1 heterocycles. The minimum Gasteiger partial charge on any atom is -0.497 e. The van der Waals surface area contributed by atoms with E-state index in [0.717, 1.165) is 22.8 Å². The molecule has 0 fully saturated rings. The zero-order valence-corrected chi connectivity index (χ0v) is 15.7. The van der Waals surface area contributed by atoms with Gasteiger partial charge in [-0.25, -0.2) is 4.68 Å². The topological polar surface area (TPSA) is 65.4 Å².